The van der Waals surface area contributed by atoms with Gasteiger partial charge in [-0.05, 0) is 68.3 Å². The zero-order valence-electron chi connectivity index (χ0n) is 23.4. The van der Waals surface area contributed by atoms with Gasteiger partial charge >= 0.3 is 6.09 Å². The number of aromatic nitrogens is 1. The lowest BCUT2D eigenvalue weighted by Gasteiger charge is -2.27. The van der Waals surface area contributed by atoms with E-state index in [0.29, 0.717) is 16.9 Å². The molecule has 3 aromatic carbocycles. The fourth-order valence-corrected chi connectivity index (χ4v) is 4.90. The molecule has 1 saturated heterocycles. The monoisotopic (exact) mass is 539 g/mol. The molecule has 8 nitrogen and oxygen atoms in total. The fourth-order valence-electron chi connectivity index (χ4n) is 4.90. The Balaban J connectivity index is 1.35. The molecule has 5 rings (SSSR count). The Bertz CT molecular complexity index is 1480. The summed E-state index contributed by atoms with van der Waals surface area (Å²) in [5, 5.41) is 10.2. The van der Waals surface area contributed by atoms with Crippen molar-refractivity contribution in [2.75, 3.05) is 43.4 Å². The lowest BCUT2D eigenvalue weighted by molar-refractivity contribution is 0.0635. The molecule has 0 spiro atoms. The van der Waals surface area contributed by atoms with E-state index in [1.165, 1.54) is 0 Å². The van der Waals surface area contributed by atoms with E-state index in [1.54, 1.807) is 6.07 Å². The van der Waals surface area contributed by atoms with Gasteiger partial charge in [0.25, 0.3) is 5.91 Å². The summed E-state index contributed by atoms with van der Waals surface area (Å²) in [7, 11) is 0. The number of carbonyl (C=O) groups excluding carboxylic acids is 2. The molecule has 1 fully saturated rings. The van der Waals surface area contributed by atoms with Crippen LogP contribution < -0.4 is 16.0 Å². The Morgan fingerprint density at radius 3 is 2.38 bits per heavy atom. The van der Waals surface area contributed by atoms with Crippen molar-refractivity contribution in [2.45, 2.75) is 32.9 Å². The number of amides is 2. The minimum Gasteiger partial charge on any atom is -0.444 e. The third-order valence-corrected chi connectivity index (χ3v) is 6.91. The van der Waals surface area contributed by atoms with Crippen molar-refractivity contribution in [2.24, 2.45) is 0 Å². The molecule has 0 unspecified atom stereocenters. The van der Waals surface area contributed by atoms with Gasteiger partial charge in [-0.25, -0.2) is 4.79 Å². The first-order chi connectivity index (χ1) is 19.2. The Kier molecular flexibility index (Phi) is 8.19. The van der Waals surface area contributed by atoms with E-state index in [0.717, 1.165) is 61.3 Å². The lowest BCUT2D eigenvalue weighted by Crippen LogP contribution is -2.44. The van der Waals surface area contributed by atoms with Crippen LogP contribution in [0.1, 0.15) is 31.1 Å². The molecular formula is C32H37N5O3. The second kappa shape index (κ2) is 11.9. The molecule has 2 amide bonds. The summed E-state index contributed by atoms with van der Waals surface area (Å²) in [6.07, 6.45) is 1.50. The van der Waals surface area contributed by atoms with Crippen LogP contribution in [-0.2, 0) is 11.3 Å². The van der Waals surface area contributed by atoms with Crippen LogP contribution in [0.25, 0.3) is 22.0 Å². The van der Waals surface area contributed by atoms with Gasteiger partial charge in [-0.2, -0.15) is 0 Å². The minimum absolute atomic E-state index is 0.257. The summed E-state index contributed by atoms with van der Waals surface area (Å²) >= 11 is 0. The molecule has 0 bridgehead atoms. The number of nitrogens with zero attached hydrogens (tertiary/aromatic N) is 2. The highest BCUT2D eigenvalue weighted by molar-refractivity contribution is 6.09. The average Bonchev–Trinajstić information content (AvgIpc) is 3.35. The molecule has 0 atom stereocenters. The molecule has 1 aliphatic heterocycles. The van der Waals surface area contributed by atoms with E-state index in [1.807, 2.05) is 81.4 Å². The van der Waals surface area contributed by atoms with Gasteiger partial charge in [-0.3, -0.25) is 15.0 Å². The van der Waals surface area contributed by atoms with E-state index in [-0.39, 0.29) is 5.91 Å². The van der Waals surface area contributed by atoms with Gasteiger partial charge in [0.05, 0.1) is 11.4 Å². The maximum Gasteiger partial charge on any atom is 0.412 e. The lowest BCUT2D eigenvalue weighted by atomic mass is 10.0. The van der Waals surface area contributed by atoms with Crippen molar-refractivity contribution >= 4 is 34.3 Å². The first kappa shape index (κ1) is 27.4. The Morgan fingerprint density at radius 1 is 0.850 bits per heavy atom. The number of piperazine rings is 1. The number of ether oxygens (including phenoxy) is 1. The summed E-state index contributed by atoms with van der Waals surface area (Å²) in [6.45, 7) is 11.5. The summed E-state index contributed by atoms with van der Waals surface area (Å²) in [6, 6.07) is 23.3. The molecule has 4 aromatic rings. The van der Waals surface area contributed by atoms with E-state index < -0.39 is 11.7 Å². The highest BCUT2D eigenvalue weighted by Gasteiger charge is 2.19. The van der Waals surface area contributed by atoms with E-state index >= 15 is 0 Å². The van der Waals surface area contributed by atoms with Crippen LogP contribution in [0.5, 0.6) is 0 Å². The molecule has 3 N–H and O–H groups in total. The van der Waals surface area contributed by atoms with E-state index in [2.05, 4.69) is 37.7 Å². The van der Waals surface area contributed by atoms with E-state index in [4.69, 9.17) is 4.74 Å². The van der Waals surface area contributed by atoms with Gasteiger partial charge in [-0.1, -0.05) is 36.4 Å². The van der Waals surface area contributed by atoms with Gasteiger partial charge in [0.1, 0.15) is 5.60 Å². The van der Waals surface area contributed by atoms with Crippen molar-refractivity contribution in [3.63, 3.8) is 0 Å². The van der Waals surface area contributed by atoms with Crippen molar-refractivity contribution < 1.29 is 14.3 Å². The van der Waals surface area contributed by atoms with Crippen molar-refractivity contribution in [3.05, 3.63) is 84.6 Å². The fraction of sp³-hybridized carbons (Fsp3) is 0.312. The zero-order chi connectivity index (χ0) is 28.1. The smallest absolute Gasteiger partial charge is 0.412 e. The molecule has 1 aliphatic rings. The number of carbonyl (C=O) groups is 2. The van der Waals surface area contributed by atoms with E-state index in [9.17, 15) is 9.59 Å². The third-order valence-electron chi connectivity index (χ3n) is 6.91. The normalized spacial score (nSPS) is 14.2. The third kappa shape index (κ3) is 6.89. The highest BCUT2D eigenvalue weighted by atomic mass is 16.6. The Morgan fingerprint density at radius 2 is 1.62 bits per heavy atom. The number of nitrogens with one attached hydrogen (secondary N) is 3. The maximum absolute atomic E-state index is 13.4. The number of benzene rings is 3. The van der Waals surface area contributed by atoms with Crippen LogP contribution in [0.2, 0.25) is 0 Å². The average molecular weight is 540 g/mol. The van der Waals surface area contributed by atoms with Crippen LogP contribution in [-0.4, -0.2) is 59.8 Å². The topological polar surface area (TPSA) is 87.6 Å². The Labute approximate surface area is 235 Å². The van der Waals surface area contributed by atoms with Crippen LogP contribution in [0, 0.1) is 0 Å². The van der Waals surface area contributed by atoms with Crippen molar-refractivity contribution in [1.29, 1.82) is 0 Å². The largest absolute Gasteiger partial charge is 0.444 e. The highest BCUT2D eigenvalue weighted by Crippen LogP contribution is 2.30. The Hall–Kier alpha value is -4.14. The number of hydrogen-bond donors (Lipinski definition) is 3. The standard InChI is InChI=1S/C32H37N5O3/c1-32(2,3)40-31(39)35-27-11-9-24(23-7-5-4-6-8-23)22-28(27)34-30(38)26-10-12-29-25(21-26)13-16-37(29)20-19-36-17-14-33-15-18-36/h4-13,16,21-22,33H,14-15,17-20H2,1-3H3,(H,34,38)(H,35,39). The predicted octanol–water partition coefficient (Wildman–Crippen LogP) is 5.81. The molecular weight excluding hydrogens is 502 g/mol. The molecule has 0 saturated carbocycles. The zero-order valence-corrected chi connectivity index (χ0v) is 23.4. The maximum atomic E-state index is 13.4. The second-order valence-corrected chi connectivity index (χ2v) is 11.1. The summed E-state index contributed by atoms with van der Waals surface area (Å²) in [5.41, 5.74) is 3.88. The van der Waals surface area contributed by atoms with Crippen molar-refractivity contribution in [1.82, 2.24) is 14.8 Å². The molecule has 40 heavy (non-hydrogen) atoms. The molecule has 208 valence electrons. The van der Waals surface area contributed by atoms with Crippen molar-refractivity contribution in [3.8, 4) is 11.1 Å². The predicted molar refractivity (Wildman–Crippen MR) is 161 cm³/mol. The summed E-state index contributed by atoms with van der Waals surface area (Å²) < 4.78 is 7.68. The quantitative estimate of drug-likeness (QED) is 0.276. The van der Waals surface area contributed by atoms with Gasteiger partial charge in [0.15, 0.2) is 0 Å². The van der Waals surface area contributed by atoms with Gasteiger partial charge in [-0.15, -0.1) is 0 Å². The van der Waals surface area contributed by atoms with Gasteiger partial charge < -0.3 is 19.9 Å². The number of rotatable bonds is 7. The number of hydrogen-bond acceptors (Lipinski definition) is 5. The molecule has 0 aliphatic carbocycles. The first-order valence-electron chi connectivity index (χ1n) is 13.8. The molecule has 8 heteroatoms. The van der Waals surface area contributed by atoms with Crippen LogP contribution >= 0.6 is 0 Å². The summed E-state index contributed by atoms with van der Waals surface area (Å²) in [4.78, 5) is 28.4. The van der Waals surface area contributed by atoms with Crippen LogP contribution in [0.15, 0.2) is 79.0 Å². The van der Waals surface area contributed by atoms with Crippen LogP contribution in [0.4, 0.5) is 16.2 Å². The minimum atomic E-state index is -0.645. The van der Waals surface area contributed by atoms with Crippen LogP contribution in [0.3, 0.4) is 0 Å². The molecule has 0 radical (unpaired) electrons. The SMILES string of the molecule is CC(C)(C)OC(=O)Nc1ccc(-c2ccccc2)cc1NC(=O)c1ccc2c(ccn2CCN2CCNCC2)c1. The molecule has 1 aromatic heterocycles. The van der Waals surface area contributed by atoms with Gasteiger partial charge in [0.2, 0.25) is 0 Å². The summed E-state index contributed by atoms with van der Waals surface area (Å²) in [5.74, 6) is -0.257. The number of fused-ring (bicyclic) bond motifs is 1. The first-order valence-corrected chi connectivity index (χ1v) is 13.8. The second-order valence-electron chi connectivity index (χ2n) is 11.1. The van der Waals surface area contributed by atoms with Gasteiger partial charge in [0, 0.05) is 61.9 Å². The molecule has 2 heterocycles. The number of anilines is 2.